The van der Waals surface area contributed by atoms with E-state index in [1.807, 2.05) is 109 Å². The normalized spacial score (nSPS) is 10.9. The molecule has 7 nitrogen and oxygen atoms in total. The molecule has 6 rings (SSSR count). The number of aromatic nitrogens is 2. The molecule has 2 aromatic heterocycles. The first-order valence-corrected chi connectivity index (χ1v) is 12.1. The number of nitrogen functional groups attached to an aromatic ring is 1. The molecule has 0 spiro atoms. The zero-order valence-electron chi connectivity index (χ0n) is 20.6. The molecule has 0 saturated heterocycles. The third-order valence-corrected chi connectivity index (χ3v) is 6.01. The van der Waals surface area contributed by atoms with E-state index in [-0.39, 0.29) is 0 Å². The van der Waals surface area contributed by atoms with Gasteiger partial charge < -0.3 is 25.3 Å². The number of fused-ring (bicyclic) bond motifs is 2. The van der Waals surface area contributed by atoms with Crippen molar-refractivity contribution in [3.8, 4) is 28.9 Å². The molecule has 38 heavy (non-hydrogen) atoms. The number of methoxy groups -OCH3 is 1. The van der Waals surface area contributed by atoms with Crippen molar-refractivity contribution in [3.63, 3.8) is 0 Å². The maximum Gasteiger partial charge on any atom is 0.219 e. The molecular weight excluding hydrogens is 476 g/mol. The monoisotopic (exact) mass is 500 g/mol. The number of hydrogen-bond acceptors (Lipinski definition) is 7. The van der Waals surface area contributed by atoms with Crippen molar-refractivity contribution >= 4 is 39.0 Å². The fourth-order valence-corrected chi connectivity index (χ4v) is 4.10. The summed E-state index contributed by atoms with van der Waals surface area (Å²) >= 11 is 0. The van der Waals surface area contributed by atoms with E-state index >= 15 is 0 Å². The van der Waals surface area contributed by atoms with Crippen LogP contribution in [-0.2, 0) is 0 Å². The number of ether oxygens (including phenoxy) is 3. The van der Waals surface area contributed by atoms with E-state index in [0.29, 0.717) is 34.6 Å². The second kappa shape index (κ2) is 9.99. The maximum atomic E-state index is 6.18. The van der Waals surface area contributed by atoms with Gasteiger partial charge in [0, 0.05) is 34.3 Å². The number of nitrogens with one attached hydrogen (secondary N) is 1. The molecule has 0 bridgehead atoms. The molecule has 2 heterocycles. The Morgan fingerprint density at radius 2 is 1.39 bits per heavy atom. The predicted octanol–water partition coefficient (Wildman–Crippen LogP) is 7.70. The highest BCUT2D eigenvalue weighted by atomic mass is 16.5. The summed E-state index contributed by atoms with van der Waals surface area (Å²) in [7, 11) is 1.65. The molecule has 0 unspecified atom stereocenters. The molecule has 0 radical (unpaired) electrons. The van der Waals surface area contributed by atoms with Gasteiger partial charge in [-0.05, 0) is 84.9 Å². The Labute approximate surface area is 219 Å². The van der Waals surface area contributed by atoms with Crippen LogP contribution in [0.4, 0.5) is 17.2 Å². The fourth-order valence-electron chi connectivity index (χ4n) is 4.10. The lowest BCUT2D eigenvalue weighted by molar-refractivity contribution is 0.415. The maximum absolute atomic E-state index is 6.18. The molecule has 4 aromatic carbocycles. The predicted molar refractivity (Wildman–Crippen MR) is 151 cm³/mol. The molecular formula is C31H24N4O3. The van der Waals surface area contributed by atoms with Gasteiger partial charge >= 0.3 is 0 Å². The van der Waals surface area contributed by atoms with Crippen molar-refractivity contribution in [2.75, 3.05) is 18.2 Å². The lowest BCUT2D eigenvalue weighted by Crippen LogP contribution is -1.96. The third-order valence-electron chi connectivity index (χ3n) is 6.01. The summed E-state index contributed by atoms with van der Waals surface area (Å²) in [5.74, 6) is 4.04. The van der Waals surface area contributed by atoms with Gasteiger partial charge in [0.2, 0.25) is 5.88 Å². The molecule has 0 aliphatic heterocycles. The van der Waals surface area contributed by atoms with Crippen molar-refractivity contribution in [2.24, 2.45) is 0 Å². The Kier molecular flexibility index (Phi) is 6.08. The molecule has 0 amide bonds. The van der Waals surface area contributed by atoms with Crippen LogP contribution >= 0.6 is 0 Å². The van der Waals surface area contributed by atoms with Crippen LogP contribution in [-0.4, -0.2) is 17.1 Å². The highest BCUT2D eigenvalue weighted by molar-refractivity contribution is 5.87. The van der Waals surface area contributed by atoms with Crippen LogP contribution in [0.25, 0.3) is 21.8 Å². The van der Waals surface area contributed by atoms with Crippen LogP contribution in [0.1, 0.15) is 0 Å². The minimum atomic E-state index is 0.518. The molecule has 7 heteroatoms. The number of pyridine rings is 2. The summed E-state index contributed by atoms with van der Waals surface area (Å²) in [4.78, 5) is 9.35. The number of nitrogens with zero attached hydrogens (tertiary/aromatic N) is 2. The summed E-state index contributed by atoms with van der Waals surface area (Å²) in [6.45, 7) is 0. The molecule has 186 valence electrons. The van der Waals surface area contributed by atoms with Crippen molar-refractivity contribution in [1.29, 1.82) is 0 Å². The van der Waals surface area contributed by atoms with E-state index in [1.165, 1.54) is 0 Å². The highest BCUT2D eigenvalue weighted by Crippen LogP contribution is 2.33. The van der Waals surface area contributed by atoms with Crippen LogP contribution in [0.2, 0.25) is 0 Å². The summed E-state index contributed by atoms with van der Waals surface area (Å²) < 4.78 is 17.4. The highest BCUT2D eigenvalue weighted by Gasteiger charge is 2.09. The quantitative estimate of drug-likeness (QED) is 0.217. The standard InChI is InChI=1S/C31H24N4O3/c1-36-25-15-16-27-20(18-25)6-17-31(35-27)38-24-13-9-22(10-14-24)33-30-19-29(26-4-2-3-5-28(26)34-30)37-23-11-7-21(32)8-12-23/h2-19H,32H2,1H3,(H,33,34). The van der Waals surface area contributed by atoms with E-state index in [0.717, 1.165) is 33.2 Å². The molecule has 0 saturated carbocycles. The van der Waals surface area contributed by atoms with Crippen molar-refractivity contribution < 1.29 is 14.2 Å². The van der Waals surface area contributed by atoms with Gasteiger partial charge in [-0.2, -0.15) is 0 Å². The Bertz CT molecular complexity index is 1740. The number of rotatable bonds is 7. The van der Waals surface area contributed by atoms with Gasteiger partial charge in [0.25, 0.3) is 0 Å². The van der Waals surface area contributed by atoms with E-state index in [4.69, 9.17) is 24.9 Å². The van der Waals surface area contributed by atoms with Crippen molar-refractivity contribution in [1.82, 2.24) is 9.97 Å². The lowest BCUT2D eigenvalue weighted by Gasteiger charge is -2.13. The van der Waals surface area contributed by atoms with E-state index in [1.54, 1.807) is 7.11 Å². The first-order chi connectivity index (χ1) is 18.6. The number of anilines is 3. The number of para-hydroxylation sites is 1. The average Bonchev–Trinajstić information content (AvgIpc) is 2.95. The second-order valence-corrected chi connectivity index (χ2v) is 8.65. The largest absolute Gasteiger partial charge is 0.497 e. The van der Waals surface area contributed by atoms with Crippen LogP contribution in [0.15, 0.2) is 109 Å². The average molecular weight is 501 g/mol. The van der Waals surface area contributed by atoms with Gasteiger partial charge in [-0.1, -0.05) is 12.1 Å². The Balaban J connectivity index is 1.21. The molecule has 3 N–H and O–H groups in total. The fraction of sp³-hybridized carbons (Fsp3) is 0.0323. The summed E-state index contributed by atoms with van der Waals surface area (Å²) in [5, 5.41) is 5.26. The van der Waals surface area contributed by atoms with Gasteiger partial charge in [-0.3, -0.25) is 0 Å². The third kappa shape index (κ3) is 4.99. The molecule has 0 atom stereocenters. The molecule has 0 fully saturated rings. The van der Waals surface area contributed by atoms with E-state index in [2.05, 4.69) is 10.3 Å². The molecule has 0 aliphatic rings. The Morgan fingerprint density at radius 1 is 0.658 bits per heavy atom. The van der Waals surface area contributed by atoms with Crippen LogP contribution in [0.5, 0.6) is 28.9 Å². The van der Waals surface area contributed by atoms with Gasteiger partial charge in [0.1, 0.15) is 28.8 Å². The second-order valence-electron chi connectivity index (χ2n) is 8.65. The van der Waals surface area contributed by atoms with Gasteiger partial charge in [0.05, 0.1) is 18.1 Å². The summed E-state index contributed by atoms with van der Waals surface area (Å²) in [6, 6.07) is 34.2. The topological polar surface area (TPSA) is 91.5 Å². The van der Waals surface area contributed by atoms with Gasteiger partial charge in [-0.15, -0.1) is 0 Å². The smallest absolute Gasteiger partial charge is 0.219 e. The minimum absolute atomic E-state index is 0.518. The van der Waals surface area contributed by atoms with Crippen LogP contribution < -0.4 is 25.3 Å². The van der Waals surface area contributed by atoms with E-state index < -0.39 is 0 Å². The summed E-state index contributed by atoms with van der Waals surface area (Å²) in [6.07, 6.45) is 0. The van der Waals surface area contributed by atoms with Crippen molar-refractivity contribution in [3.05, 3.63) is 109 Å². The molecule has 0 aliphatic carbocycles. The first kappa shape index (κ1) is 23.1. The Hall–Kier alpha value is -5.30. The summed E-state index contributed by atoms with van der Waals surface area (Å²) in [5.41, 5.74) is 9.01. The van der Waals surface area contributed by atoms with Gasteiger partial charge in [0.15, 0.2) is 0 Å². The first-order valence-electron chi connectivity index (χ1n) is 12.1. The minimum Gasteiger partial charge on any atom is -0.497 e. The van der Waals surface area contributed by atoms with Crippen molar-refractivity contribution in [2.45, 2.75) is 0 Å². The number of hydrogen-bond donors (Lipinski definition) is 2. The zero-order chi connectivity index (χ0) is 25.9. The van der Waals surface area contributed by atoms with Gasteiger partial charge in [-0.25, -0.2) is 9.97 Å². The molecule has 6 aromatic rings. The number of nitrogens with two attached hydrogens (primary N) is 1. The van der Waals surface area contributed by atoms with Crippen LogP contribution in [0, 0.1) is 0 Å². The van der Waals surface area contributed by atoms with E-state index in [9.17, 15) is 0 Å². The zero-order valence-corrected chi connectivity index (χ0v) is 20.6. The SMILES string of the molecule is COc1ccc2nc(Oc3ccc(Nc4cc(Oc5ccc(N)cc5)c5ccccc5n4)cc3)ccc2c1. The van der Waals surface area contributed by atoms with Crippen LogP contribution in [0.3, 0.4) is 0 Å². The lowest BCUT2D eigenvalue weighted by atomic mass is 10.2. The number of benzene rings is 4. The Morgan fingerprint density at radius 3 is 2.21 bits per heavy atom.